The molecule has 3 aliphatic heterocycles. The number of carbonyl (C=O) groups excluding carboxylic acids is 8. The van der Waals surface area contributed by atoms with E-state index in [1.807, 2.05) is 29.0 Å². The number of piperidine rings is 2. The van der Waals surface area contributed by atoms with E-state index in [4.69, 9.17) is 48.6 Å². The normalized spacial score (nSPS) is 15.0. The standard InChI is InChI=1S/C70H94FN15O17/c1-48-66-54(7-4-8-57(66)85(80-48)47-62(89)74-44-61(88)75-45-65(92)95-3)55-41-58-51(40-56(55)71)42-77-86(58)64(91)14-13-60(87)73-18-25-97-27-29-99-31-33-101-35-37-103-39-38-102-36-34-100-32-30-98-28-26-96-24-17-63(90)82-20-15-50(16-21-82)49-9-11-52(12-10-49)78-69-67(68(72)93)76-43-59(79-69)83-19-5-6-53(46-83)84-23-22-81(2)70(84)94/h4,7-12,40-43,50,53H,5-6,13-39,44-47H2,1-3H3,(H2,72,93)(H,73,87)(H,74,89)(H,75,88)(H,78,79)/t53-/m1/s1. The number of likely N-dealkylation sites (N-methyl/N-ethyl adjacent to an activating group) is 1. The number of benzene rings is 3. The van der Waals surface area contributed by atoms with Crippen molar-refractivity contribution in [3.05, 3.63) is 89.8 Å². The molecule has 33 heteroatoms. The molecule has 6 aromatic rings. The van der Waals surface area contributed by atoms with Crippen LogP contribution in [0.1, 0.15) is 77.4 Å². The highest BCUT2D eigenvalue weighted by atomic mass is 19.1. The first-order valence-corrected chi connectivity index (χ1v) is 34.8. The van der Waals surface area contributed by atoms with Crippen molar-refractivity contribution in [2.45, 2.75) is 70.4 Å². The van der Waals surface area contributed by atoms with Crippen LogP contribution < -0.4 is 31.9 Å². The molecule has 0 spiro atoms. The van der Waals surface area contributed by atoms with Gasteiger partial charge in [-0.15, -0.1) is 0 Å². The third-order valence-electron chi connectivity index (χ3n) is 17.6. The number of urea groups is 1. The highest BCUT2D eigenvalue weighted by Crippen LogP contribution is 2.36. The number of ether oxygens (including phenoxy) is 9. The Morgan fingerprint density at radius 1 is 0.641 bits per heavy atom. The molecule has 3 aromatic heterocycles. The molecule has 0 bridgehead atoms. The average Bonchev–Trinajstić information content (AvgIpc) is 1.63. The summed E-state index contributed by atoms with van der Waals surface area (Å²) < 4.78 is 67.5. The number of methoxy groups -OCH3 is 1. The van der Waals surface area contributed by atoms with E-state index in [1.165, 1.54) is 35.7 Å². The maximum Gasteiger partial charge on any atom is 0.325 e. The molecule has 0 aliphatic carbocycles. The fourth-order valence-corrected chi connectivity index (χ4v) is 12.2. The highest BCUT2D eigenvalue weighted by Gasteiger charge is 2.35. The van der Waals surface area contributed by atoms with Crippen molar-refractivity contribution < 1.29 is 85.4 Å². The number of rotatable bonds is 43. The van der Waals surface area contributed by atoms with Crippen molar-refractivity contribution >= 4 is 86.6 Å². The van der Waals surface area contributed by atoms with Gasteiger partial charge in [0.1, 0.15) is 24.7 Å². The Hall–Kier alpha value is -9.35. The predicted molar refractivity (Wildman–Crippen MR) is 374 cm³/mol. The minimum atomic E-state index is -0.686. The van der Waals surface area contributed by atoms with Crippen molar-refractivity contribution in [3.8, 4) is 11.1 Å². The van der Waals surface area contributed by atoms with E-state index in [9.17, 15) is 38.4 Å². The first-order valence-electron chi connectivity index (χ1n) is 34.8. The van der Waals surface area contributed by atoms with Gasteiger partial charge in [0.05, 0.1) is 161 Å². The zero-order valence-corrected chi connectivity index (χ0v) is 58.7. The van der Waals surface area contributed by atoms with Crippen molar-refractivity contribution in [2.24, 2.45) is 5.73 Å². The highest BCUT2D eigenvalue weighted by molar-refractivity contribution is 6.01. The van der Waals surface area contributed by atoms with Crippen LogP contribution in [0.15, 0.2) is 67.0 Å². The Labute approximate surface area is 595 Å². The summed E-state index contributed by atoms with van der Waals surface area (Å²) in [6.45, 7) is 11.1. The maximum absolute atomic E-state index is 15.8. The quantitative estimate of drug-likeness (QED) is 0.0271. The van der Waals surface area contributed by atoms with Gasteiger partial charge in [0.2, 0.25) is 29.5 Å². The van der Waals surface area contributed by atoms with Gasteiger partial charge in [-0.2, -0.15) is 10.2 Å². The summed E-state index contributed by atoms with van der Waals surface area (Å²) in [6.07, 6.45) is 6.47. The van der Waals surface area contributed by atoms with Crippen molar-refractivity contribution in [1.82, 2.24) is 60.2 Å². The largest absolute Gasteiger partial charge is 0.468 e. The molecule has 103 heavy (non-hydrogen) atoms. The molecular weight excluding hydrogens is 1340 g/mol. The molecule has 6 N–H and O–H groups in total. The fraction of sp³-hybridized carbons (Fsp3) is 0.543. The van der Waals surface area contributed by atoms with Gasteiger partial charge in [-0.25, -0.2) is 23.8 Å². The number of primary amides is 1. The van der Waals surface area contributed by atoms with E-state index in [1.54, 1.807) is 36.2 Å². The molecule has 558 valence electrons. The number of likely N-dealkylation sites (tertiary alicyclic amines) is 1. The molecule has 3 aliphatic rings. The zero-order valence-electron chi connectivity index (χ0n) is 58.7. The molecule has 1 atom stereocenters. The minimum Gasteiger partial charge on any atom is -0.468 e. The van der Waals surface area contributed by atoms with Crippen LogP contribution in [-0.2, 0) is 73.1 Å². The van der Waals surface area contributed by atoms with Gasteiger partial charge in [-0.1, -0.05) is 24.3 Å². The van der Waals surface area contributed by atoms with Crippen molar-refractivity contribution in [1.29, 1.82) is 0 Å². The lowest BCUT2D eigenvalue weighted by Crippen LogP contribution is -2.49. The van der Waals surface area contributed by atoms with Gasteiger partial charge in [-0.05, 0) is 80.0 Å². The van der Waals surface area contributed by atoms with E-state index in [2.05, 4.69) is 58.2 Å². The van der Waals surface area contributed by atoms with Gasteiger partial charge in [-0.3, -0.25) is 38.2 Å². The third kappa shape index (κ3) is 23.3. The van der Waals surface area contributed by atoms with Gasteiger partial charge >= 0.3 is 12.0 Å². The smallest absolute Gasteiger partial charge is 0.325 e. The number of hydrogen-bond donors (Lipinski definition) is 5. The summed E-state index contributed by atoms with van der Waals surface area (Å²) in [5.74, 6) is -2.57. The Balaban J connectivity index is 0.519. The fourth-order valence-electron chi connectivity index (χ4n) is 12.2. The summed E-state index contributed by atoms with van der Waals surface area (Å²) in [4.78, 5) is 117. The van der Waals surface area contributed by atoms with E-state index in [0.717, 1.165) is 42.6 Å². The summed E-state index contributed by atoms with van der Waals surface area (Å²) in [6, 6.07) is 16.1. The minimum absolute atomic E-state index is 0.0450. The number of nitrogens with one attached hydrogen (secondary N) is 4. The van der Waals surface area contributed by atoms with Crippen LogP contribution in [0, 0.1) is 12.7 Å². The van der Waals surface area contributed by atoms with Crippen molar-refractivity contribution in [2.75, 3.05) is 189 Å². The van der Waals surface area contributed by atoms with Gasteiger partial charge in [0, 0.05) is 87.7 Å². The molecule has 3 saturated heterocycles. The lowest BCUT2D eigenvalue weighted by molar-refractivity contribution is -0.141. The number of fused-ring (bicyclic) bond motifs is 2. The van der Waals surface area contributed by atoms with Gasteiger partial charge in [0.25, 0.3) is 5.91 Å². The Bertz CT molecular complexity index is 3810. The van der Waals surface area contributed by atoms with Crippen LogP contribution in [0.25, 0.3) is 32.9 Å². The maximum atomic E-state index is 15.8. The van der Waals surface area contributed by atoms with Crippen LogP contribution in [0.5, 0.6) is 0 Å². The number of amides is 7. The van der Waals surface area contributed by atoms with E-state index in [0.29, 0.717) is 183 Å². The summed E-state index contributed by atoms with van der Waals surface area (Å²) >= 11 is 0. The van der Waals surface area contributed by atoms with Crippen LogP contribution in [0.3, 0.4) is 0 Å². The zero-order chi connectivity index (χ0) is 72.9. The van der Waals surface area contributed by atoms with Crippen LogP contribution in [-0.4, -0.2) is 276 Å². The molecule has 0 unspecified atom stereocenters. The number of anilines is 3. The van der Waals surface area contributed by atoms with Crippen molar-refractivity contribution in [3.63, 3.8) is 0 Å². The molecule has 7 amide bonds. The average molecular weight is 1440 g/mol. The Kier molecular flexibility index (Phi) is 30.6. The molecule has 32 nitrogen and oxygen atoms in total. The Morgan fingerprint density at radius 3 is 1.89 bits per heavy atom. The van der Waals surface area contributed by atoms with E-state index in [-0.39, 0.29) is 86.6 Å². The first kappa shape index (κ1) is 77.8. The molecule has 0 radical (unpaired) electrons. The molecule has 3 aromatic carbocycles. The Morgan fingerprint density at radius 2 is 1.27 bits per heavy atom. The SMILES string of the molecule is COC(=O)CNC(=O)CNC(=O)Cn1nc(C)c2c(-c3cc4c(cnn4C(=O)CCC(=O)NCCOCCOCCOCCOCCOCCOCCOCCOCCC(=O)N4CCC(c5ccc(Nc6nc(N7CCC[C@@H](N8CCN(C)C8=O)C7)cnc6C(N)=O)cc5)CC4)cc3F)cccc21. The molecule has 0 saturated carbocycles. The molecule has 6 heterocycles. The second kappa shape index (κ2) is 40.5. The number of esters is 1. The molecule has 9 rings (SSSR count). The van der Waals surface area contributed by atoms with Gasteiger partial charge < -0.3 is 89.2 Å². The number of nitrogens with two attached hydrogens (primary N) is 1. The second-order valence-corrected chi connectivity index (χ2v) is 24.7. The van der Waals surface area contributed by atoms with E-state index < -0.39 is 35.4 Å². The predicted octanol–water partition coefficient (Wildman–Crippen LogP) is 3.34. The number of aromatic nitrogens is 6. The van der Waals surface area contributed by atoms with Crippen LogP contribution in [0.2, 0.25) is 0 Å². The summed E-state index contributed by atoms with van der Waals surface area (Å²) in [5.41, 5.74) is 9.66. The molecular formula is C70H94FN15O17. The number of halogens is 1. The number of nitrogens with zero attached hydrogens (tertiary/aromatic N) is 10. The van der Waals surface area contributed by atoms with E-state index >= 15 is 4.39 Å². The lowest BCUT2D eigenvalue weighted by Gasteiger charge is -2.37. The van der Waals surface area contributed by atoms with Crippen LogP contribution in [0.4, 0.5) is 26.5 Å². The third-order valence-corrected chi connectivity index (χ3v) is 17.6. The lowest BCUT2D eigenvalue weighted by atomic mass is 9.89. The number of carbonyl (C=O) groups is 8. The number of hydrogen-bond acceptors (Lipinski definition) is 23. The number of aryl methyl sites for hydroxylation is 1. The van der Waals surface area contributed by atoms with Gasteiger partial charge in [0.15, 0.2) is 11.5 Å². The topological polar surface area (TPSA) is 368 Å². The van der Waals surface area contributed by atoms with Crippen LogP contribution >= 0.6 is 0 Å². The monoisotopic (exact) mass is 1440 g/mol. The summed E-state index contributed by atoms with van der Waals surface area (Å²) in [7, 11) is 3.01. The molecule has 3 fully saturated rings. The first-order chi connectivity index (χ1) is 50.0. The second-order valence-electron chi connectivity index (χ2n) is 24.7. The summed E-state index contributed by atoms with van der Waals surface area (Å²) in [5, 5.41) is 20.5.